The van der Waals surface area contributed by atoms with Gasteiger partial charge in [-0.25, -0.2) is 4.98 Å². The van der Waals surface area contributed by atoms with Crippen LogP contribution in [0.15, 0.2) is 22.7 Å². The van der Waals surface area contributed by atoms with E-state index in [-0.39, 0.29) is 5.54 Å². The van der Waals surface area contributed by atoms with Gasteiger partial charge in [0.25, 0.3) is 0 Å². The van der Waals surface area contributed by atoms with E-state index in [1.807, 2.05) is 0 Å². The molecule has 3 rings (SSSR count). The zero-order chi connectivity index (χ0) is 12.9. The molecule has 1 aliphatic carbocycles. The van der Waals surface area contributed by atoms with Crippen LogP contribution in [-0.2, 0) is 11.4 Å². The van der Waals surface area contributed by atoms with Crippen LogP contribution in [0.5, 0.6) is 0 Å². The SMILES string of the molecule is CC(C)(C1CC1)n1c(CCl)nc2cc(Br)ccc21. The summed E-state index contributed by atoms with van der Waals surface area (Å²) in [6, 6.07) is 6.26. The largest absolute Gasteiger partial charge is 0.321 e. The number of benzene rings is 1. The van der Waals surface area contributed by atoms with Crippen molar-refractivity contribution in [1.82, 2.24) is 9.55 Å². The van der Waals surface area contributed by atoms with Gasteiger partial charge in [-0.1, -0.05) is 15.9 Å². The summed E-state index contributed by atoms with van der Waals surface area (Å²) in [5.41, 5.74) is 2.31. The molecule has 0 N–H and O–H groups in total. The Balaban J connectivity index is 2.25. The number of halogens is 2. The predicted molar refractivity (Wildman–Crippen MR) is 79.0 cm³/mol. The lowest BCUT2D eigenvalue weighted by atomic mass is 9.97. The molecule has 1 fully saturated rings. The van der Waals surface area contributed by atoms with Crippen molar-refractivity contribution in [3.8, 4) is 0 Å². The third kappa shape index (κ3) is 1.88. The summed E-state index contributed by atoms with van der Waals surface area (Å²) < 4.78 is 3.39. The Morgan fingerprint density at radius 2 is 2.17 bits per heavy atom. The van der Waals surface area contributed by atoms with Gasteiger partial charge in [-0.05, 0) is 50.8 Å². The van der Waals surface area contributed by atoms with Crippen LogP contribution in [0.4, 0.5) is 0 Å². The molecule has 0 bridgehead atoms. The normalized spacial score (nSPS) is 16.4. The van der Waals surface area contributed by atoms with Gasteiger partial charge in [-0.2, -0.15) is 0 Å². The van der Waals surface area contributed by atoms with Crippen molar-refractivity contribution in [2.75, 3.05) is 0 Å². The summed E-state index contributed by atoms with van der Waals surface area (Å²) in [4.78, 5) is 4.67. The Kier molecular flexibility index (Phi) is 2.94. The molecule has 1 aromatic heterocycles. The molecule has 2 nitrogen and oxygen atoms in total. The number of rotatable bonds is 3. The Morgan fingerprint density at radius 1 is 1.44 bits per heavy atom. The molecule has 18 heavy (non-hydrogen) atoms. The van der Waals surface area contributed by atoms with E-state index in [0.717, 1.165) is 21.7 Å². The van der Waals surface area contributed by atoms with Crippen LogP contribution in [0.25, 0.3) is 11.0 Å². The standard InChI is InChI=1S/C14H16BrClN2/c1-14(2,9-3-4-9)18-12-6-5-10(15)7-11(12)17-13(18)8-16/h5-7,9H,3-4,8H2,1-2H3. The molecule has 4 heteroatoms. The van der Waals surface area contributed by atoms with Crippen LogP contribution in [0.1, 0.15) is 32.5 Å². The zero-order valence-electron chi connectivity index (χ0n) is 10.6. The summed E-state index contributed by atoms with van der Waals surface area (Å²) in [6.07, 6.45) is 2.62. The minimum atomic E-state index is 0.104. The molecule has 0 atom stereocenters. The number of hydrogen-bond acceptors (Lipinski definition) is 1. The fraction of sp³-hybridized carbons (Fsp3) is 0.500. The van der Waals surface area contributed by atoms with E-state index in [1.165, 1.54) is 18.4 Å². The molecule has 1 saturated carbocycles. The average molecular weight is 328 g/mol. The third-order valence-electron chi connectivity index (χ3n) is 3.96. The van der Waals surface area contributed by atoms with Crippen molar-refractivity contribution >= 4 is 38.6 Å². The van der Waals surface area contributed by atoms with Crippen LogP contribution in [-0.4, -0.2) is 9.55 Å². The minimum Gasteiger partial charge on any atom is -0.321 e. The van der Waals surface area contributed by atoms with Crippen molar-refractivity contribution in [3.05, 3.63) is 28.5 Å². The predicted octanol–water partition coefficient (Wildman–Crippen LogP) is 4.68. The topological polar surface area (TPSA) is 17.8 Å². The highest BCUT2D eigenvalue weighted by molar-refractivity contribution is 9.10. The van der Waals surface area contributed by atoms with E-state index in [0.29, 0.717) is 5.88 Å². The van der Waals surface area contributed by atoms with Gasteiger partial charge in [0.1, 0.15) is 5.82 Å². The molecule has 0 radical (unpaired) electrons. The minimum absolute atomic E-state index is 0.104. The van der Waals surface area contributed by atoms with E-state index < -0.39 is 0 Å². The van der Waals surface area contributed by atoms with E-state index in [1.54, 1.807) is 0 Å². The fourth-order valence-electron chi connectivity index (χ4n) is 2.81. The smallest absolute Gasteiger partial charge is 0.125 e. The molecule has 96 valence electrons. The summed E-state index contributed by atoms with van der Waals surface area (Å²) in [5, 5.41) is 0. The number of imidazole rings is 1. The first-order chi connectivity index (χ1) is 8.54. The van der Waals surface area contributed by atoms with Gasteiger partial charge < -0.3 is 4.57 Å². The van der Waals surface area contributed by atoms with E-state index in [2.05, 4.69) is 57.5 Å². The van der Waals surface area contributed by atoms with E-state index in [4.69, 9.17) is 11.6 Å². The molecule has 2 aromatic rings. The lowest BCUT2D eigenvalue weighted by Crippen LogP contribution is -2.30. The van der Waals surface area contributed by atoms with Gasteiger partial charge in [0.15, 0.2) is 0 Å². The second kappa shape index (κ2) is 4.24. The zero-order valence-corrected chi connectivity index (χ0v) is 12.9. The van der Waals surface area contributed by atoms with Crippen LogP contribution < -0.4 is 0 Å². The summed E-state index contributed by atoms with van der Waals surface area (Å²) in [7, 11) is 0. The van der Waals surface area contributed by atoms with E-state index >= 15 is 0 Å². The first-order valence-corrected chi connectivity index (χ1v) is 7.60. The van der Waals surface area contributed by atoms with Gasteiger partial charge in [-0.15, -0.1) is 11.6 Å². The molecular weight excluding hydrogens is 312 g/mol. The van der Waals surface area contributed by atoms with Crippen molar-refractivity contribution in [1.29, 1.82) is 0 Å². The summed E-state index contributed by atoms with van der Waals surface area (Å²) >= 11 is 9.58. The Morgan fingerprint density at radius 3 is 2.78 bits per heavy atom. The lowest BCUT2D eigenvalue weighted by Gasteiger charge is -2.29. The number of alkyl halides is 1. The molecule has 1 heterocycles. The number of hydrogen-bond donors (Lipinski definition) is 0. The van der Waals surface area contributed by atoms with E-state index in [9.17, 15) is 0 Å². The second-order valence-corrected chi connectivity index (χ2v) is 6.74. The van der Waals surface area contributed by atoms with Crippen LogP contribution in [0, 0.1) is 5.92 Å². The molecule has 0 saturated heterocycles. The quantitative estimate of drug-likeness (QED) is 0.748. The average Bonchev–Trinajstić information content (AvgIpc) is 3.10. The first kappa shape index (κ1) is 12.5. The Hall–Kier alpha value is -0.540. The molecule has 0 amide bonds. The number of nitrogens with zero attached hydrogens (tertiary/aromatic N) is 2. The third-order valence-corrected chi connectivity index (χ3v) is 4.69. The molecule has 1 aliphatic rings. The van der Waals surface area contributed by atoms with Crippen molar-refractivity contribution in [3.63, 3.8) is 0 Å². The summed E-state index contributed by atoms with van der Waals surface area (Å²) in [5.74, 6) is 2.19. The van der Waals surface area contributed by atoms with Crippen LogP contribution in [0.2, 0.25) is 0 Å². The van der Waals surface area contributed by atoms with Gasteiger partial charge in [0, 0.05) is 10.0 Å². The van der Waals surface area contributed by atoms with Gasteiger partial charge in [0.05, 0.1) is 16.9 Å². The van der Waals surface area contributed by atoms with Crippen LogP contribution >= 0.6 is 27.5 Å². The van der Waals surface area contributed by atoms with Gasteiger partial charge >= 0.3 is 0 Å². The van der Waals surface area contributed by atoms with Gasteiger partial charge in [0.2, 0.25) is 0 Å². The van der Waals surface area contributed by atoms with Gasteiger partial charge in [-0.3, -0.25) is 0 Å². The molecular formula is C14H16BrClN2. The number of fused-ring (bicyclic) bond motifs is 1. The highest BCUT2D eigenvalue weighted by Gasteiger charge is 2.40. The molecule has 0 spiro atoms. The van der Waals surface area contributed by atoms with Crippen molar-refractivity contribution in [2.24, 2.45) is 5.92 Å². The molecule has 0 unspecified atom stereocenters. The van der Waals surface area contributed by atoms with Crippen molar-refractivity contribution < 1.29 is 0 Å². The highest BCUT2D eigenvalue weighted by atomic mass is 79.9. The Labute approximate surface area is 120 Å². The maximum absolute atomic E-state index is 6.08. The Bertz CT molecular complexity index is 599. The number of aromatic nitrogens is 2. The highest BCUT2D eigenvalue weighted by Crippen LogP contribution is 2.45. The monoisotopic (exact) mass is 326 g/mol. The molecule has 0 aliphatic heterocycles. The molecule has 1 aromatic carbocycles. The maximum Gasteiger partial charge on any atom is 0.125 e. The second-order valence-electron chi connectivity index (χ2n) is 5.56. The van der Waals surface area contributed by atoms with Crippen LogP contribution in [0.3, 0.4) is 0 Å². The maximum atomic E-state index is 6.08. The lowest BCUT2D eigenvalue weighted by molar-refractivity contribution is 0.306. The first-order valence-electron chi connectivity index (χ1n) is 6.27. The van der Waals surface area contributed by atoms with Crippen molar-refractivity contribution in [2.45, 2.75) is 38.1 Å². The fourth-order valence-corrected chi connectivity index (χ4v) is 3.34. The summed E-state index contributed by atoms with van der Waals surface area (Å²) in [6.45, 7) is 4.59.